The molecular formula is C33H35ClF3N7O3. The highest BCUT2D eigenvalue weighted by Crippen LogP contribution is 2.44. The average Bonchev–Trinajstić information content (AvgIpc) is 3.33. The summed E-state index contributed by atoms with van der Waals surface area (Å²) in [5.74, 6) is -2.22. The molecule has 0 unspecified atom stereocenters. The van der Waals surface area contributed by atoms with Gasteiger partial charge in [-0.2, -0.15) is 18.4 Å². The number of hydrogen-bond donors (Lipinski definition) is 0. The predicted molar refractivity (Wildman–Crippen MR) is 170 cm³/mol. The van der Waals surface area contributed by atoms with Crippen LogP contribution in [0.1, 0.15) is 24.1 Å². The number of likely N-dealkylation sites (tertiary alicyclic amines) is 2. The van der Waals surface area contributed by atoms with Crippen molar-refractivity contribution in [2.24, 2.45) is 17.8 Å². The summed E-state index contributed by atoms with van der Waals surface area (Å²) in [6, 6.07) is 8.49. The van der Waals surface area contributed by atoms with E-state index in [1.54, 1.807) is 30.1 Å². The van der Waals surface area contributed by atoms with Crippen LogP contribution >= 0.6 is 11.6 Å². The minimum atomic E-state index is -4.66. The smallest absolute Gasteiger partial charge is 0.368 e. The highest BCUT2D eigenvalue weighted by atomic mass is 35.5. The van der Waals surface area contributed by atoms with Crippen LogP contribution in [-0.2, 0) is 20.6 Å². The van der Waals surface area contributed by atoms with Gasteiger partial charge in [-0.1, -0.05) is 24.2 Å². The molecular weight excluding hydrogens is 635 g/mol. The topological polar surface area (TPSA) is 104 Å². The van der Waals surface area contributed by atoms with Crippen molar-refractivity contribution in [1.29, 1.82) is 5.26 Å². The van der Waals surface area contributed by atoms with Crippen molar-refractivity contribution >= 4 is 46.5 Å². The van der Waals surface area contributed by atoms with E-state index in [0.29, 0.717) is 49.0 Å². The van der Waals surface area contributed by atoms with E-state index < -0.39 is 35.5 Å². The summed E-state index contributed by atoms with van der Waals surface area (Å²) < 4.78 is 41.2. The molecule has 6 rings (SSSR count). The minimum Gasteiger partial charge on any atom is -0.368 e. The second kappa shape index (κ2) is 12.5. The Morgan fingerprint density at radius 1 is 1.19 bits per heavy atom. The van der Waals surface area contributed by atoms with Crippen molar-refractivity contribution in [3.63, 3.8) is 0 Å². The third-order valence-corrected chi connectivity index (χ3v) is 10.2. The number of hydrogen-bond acceptors (Lipinski definition) is 7. The SMILES string of the molecule is C=CC(=O)N1CC(N2CC[C@H](CN3C[C@H]4CC(=O)N(c5cc(C(F)(F)F)cc(C)n5)[C@@H]4C(=O)N(C)c4cccc(Cl)c43)[C@@H](C#N)C2)C1. The number of carbonyl (C=O) groups excluding carboxylic acids is 3. The van der Waals surface area contributed by atoms with E-state index in [1.165, 1.54) is 17.9 Å². The van der Waals surface area contributed by atoms with Gasteiger partial charge in [-0.3, -0.25) is 24.2 Å². The van der Waals surface area contributed by atoms with Crippen molar-refractivity contribution in [3.8, 4) is 6.07 Å². The first kappa shape index (κ1) is 32.8. The fourth-order valence-corrected chi connectivity index (χ4v) is 7.72. The van der Waals surface area contributed by atoms with E-state index in [4.69, 9.17) is 11.6 Å². The zero-order valence-electron chi connectivity index (χ0n) is 26.1. The number of amides is 3. The molecule has 0 spiro atoms. The van der Waals surface area contributed by atoms with Gasteiger partial charge in [-0.25, -0.2) is 4.98 Å². The monoisotopic (exact) mass is 669 g/mol. The summed E-state index contributed by atoms with van der Waals surface area (Å²) in [5, 5.41) is 10.7. The van der Waals surface area contributed by atoms with Crippen molar-refractivity contribution in [2.75, 3.05) is 61.0 Å². The number of nitrogens with zero attached hydrogens (tertiary/aromatic N) is 7. The van der Waals surface area contributed by atoms with Gasteiger partial charge in [0.2, 0.25) is 17.7 Å². The molecule has 10 nitrogen and oxygen atoms in total. The molecule has 0 saturated carbocycles. The number of likely N-dealkylation sites (N-methyl/N-ethyl adjacent to an activating group) is 1. The summed E-state index contributed by atoms with van der Waals surface area (Å²) in [6.07, 6.45) is -2.72. The van der Waals surface area contributed by atoms with Gasteiger partial charge in [-0.15, -0.1) is 0 Å². The third-order valence-electron chi connectivity index (χ3n) is 9.90. The molecule has 3 saturated heterocycles. The molecule has 0 aliphatic carbocycles. The molecule has 3 amide bonds. The van der Waals surface area contributed by atoms with Gasteiger partial charge in [0.15, 0.2) is 0 Å². The molecule has 3 fully saturated rings. The molecule has 0 radical (unpaired) electrons. The van der Waals surface area contributed by atoms with Crippen LogP contribution in [0.15, 0.2) is 43.0 Å². The predicted octanol–water partition coefficient (Wildman–Crippen LogP) is 4.13. The van der Waals surface area contributed by atoms with Crippen LogP contribution in [-0.4, -0.2) is 90.9 Å². The lowest BCUT2D eigenvalue weighted by Crippen LogP contribution is -2.63. The highest BCUT2D eigenvalue weighted by Gasteiger charge is 2.50. The molecule has 47 heavy (non-hydrogen) atoms. The van der Waals surface area contributed by atoms with Crippen LogP contribution in [0.2, 0.25) is 5.02 Å². The van der Waals surface area contributed by atoms with Crippen LogP contribution < -0.4 is 14.7 Å². The maximum absolute atomic E-state index is 14.1. The van der Waals surface area contributed by atoms with Gasteiger partial charge in [0.25, 0.3) is 0 Å². The molecule has 4 aliphatic heterocycles. The number of carbonyl (C=O) groups is 3. The summed E-state index contributed by atoms with van der Waals surface area (Å²) in [4.78, 5) is 52.4. The lowest BCUT2D eigenvalue weighted by molar-refractivity contribution is -0.137. The number of halogens is 4. The van der Waals surface area contributed by atoms with Crippen molar-refractivity contribution in [1.82, 2.24) is 14.8 Å². The average molecular weight is 670 g/mol. The van der Waals surface area contributed by atoms with Crippen LogP contribution in [0.5, 0.6) is 0 Å². The van der Waals surface area contributed by atoms with Crippen LogP contribution in [0, 0.1) is 36.0 Å². The van der Waals surface area contributed by atoms with Gasteiger partial charge < -0.3 is 14.7 Å². The summed E-state index contributed by atoms with van der Waals surface area (Å²) in [6.45, 7) is 8.09. The van der Waals surface area contributed by atoms with Gasteiger partial charge in [-0.05, 0) is 56.1 Å². The Morgan fingerprint density at radius 3 is 2.62 bits per heavy atom. The largest absolute Gasteiger partial charge is 0.416 e. The van der Waals surface area contributed by atoms with Crippen LogP contribution in [0.25, 0.3) is 0 Å². The van der Waals surface area contributed by atoms with Gasteiger partial charge in [0.1, 0.15) is 11.9 Å². The van der Waals surface area contributed by atoms with Crippen molar-refractivity contribution < 1.29 is 27.6 Å². The molecule has 14 heteroatoms. The van der Waals surface area contributed by atoms with Gasteiger partial charge in [0, 0.05) is 63.8 Å². The Hall–Kier alpha value is -4.15. The first-order chi connectivity index (χ1) is 22.3. The van der Waals surface area contributed by atoms with E-state index >= 15 is 0 Å². The lowest BCUT2D eigenvalue weighted by Gasteiger charge is -2.49. The second-order valence-corrected chi connectivity index (χ2v) is 13.2. The molecule has 0 N–H and O–H groups in total. The van der Waals surface area contributed by atoms with Crippen molar-refractivity contribution in [3.05, 3.63) is 59.3 Å². The lowest BCUT2D eigenvalue weighted by atomic mass is 9.84. The zero-order valence-corrected chi connectivity index (χ0v) is 26.8. The summed E-state index contributed by atoms with van der Waals surface area (Å²) in [5.41, 5.74) is 0.240. The molecule has 1 aromatic heterocycles. The van der Waals surface area contributed by atoms with E-state index in [2.05, 4.69) is 22.5 Å². The Bertz CT molecular complexity index is 1660. The fourth-order valence-electron chi connectivity index (χ4n) is 7.43. The Morgan fingerprint density at radius 2 is 1.94 bits per heavy atom. The van der Waals surface area contributed by atoms with E-state index in [9.17, 15) is 32.8 Å². The number of nitriles is 1. The second-order valence-electron chi connectivity index (χ2n) is 12.8. The first-order valence-electron chi connectivity index (χ1n) is 15.5. The highest BCUT2D eigenvalue weighted by molar-refractivity contribution is 6.34. The normalized spacial score (nSPS) is 25.5. The van der Waals surface area contributed by atoms with Gasteiger partial charge >= 0.3 is 6.18 Å². The van der Waals surface area contributed by atoms with E-state index in [1.807, 2.05) is 4.90 Å². The Kier molecular flexibility index (Phi) is 8.69. The van der Waals surface area contributed by atoms with Gasteiger partial charge in [0.05, 0.1) is 33.9 Å². The van der Waals surface area contributed by atoms with Crippen molar-refractivity contribution in [2.45, 2.75) is 38.0 Å². The maximum Gasteiger partial charge on any atom is 0.416 e. The number of para-hydroxylation sites is 1. The molecule has 248 valence electrons. The third kappa shape index (κ3) is 6.05. The standard InChI is InChI=1S/C33H35ClF3N7O3/c1-4-28(45)42-17-24(18-42)41-9-8-20(22(13-38)16-41)14-43-15-21-11-29(46)44(27-12-23(33(35,36)37)10-19(2)39-27)30(21)32(47)40(3)26-7-5-6-25(34)31(26)43/h4-7,10,12,20-22,24,30H,1,8-9,11,14-18H2,2-3H3/t20-,21-,22+,30+/m1/s1. The number of piperidine rings is 1. The maximum atomic E-state index is 14.1. The summed E-state index contributed by atoms with van der Waals surface area (Å²) >= 11 is 6.79. The molecule has 4 atom stereocenters. The Balaban J connectivity index is 1.30. The Labute approximate surface area is 276 Å². The zero-order chi connectivity index (χ0) is 33.8. The fraction of sp³-hybridized carbons (Fsp3) is 0.485. The number of aryl methyl sites for hydroxylation is 1. The first-order valence-corrected chi connectivity index (χ1v) is 15.9. The number of benzene rings is 1. The summed E-state index contributed by atoms with van der Waals surface area (Å²) in [7, 11) is 1.57. The van der Waals surface area contributed by atoms with E-state index in [0.717, 1.165) is 23.6 Å². The van der Waals surface area contributed by atoms with E-state index in [-0.39, 0.29) is 48.3 Å². The quantitative estimate of drug-likeness (QED) is 0.441. The number of aromatic nitrogens is 1. The number of alkyl halides is 3. The number of fused-ring (bicyclic) bond motifs is 2. The number of anilines is 3. The molecule has 1 aromatic carbocycles. The van der Waals surface area contributed by atoms with Crippen LogP contribution in [0.4, 0.5) is 30.4 Å². The molecule has 5 heterocycles. The number of pyridine rings is 1. The molecule has 4 aliphatic rings. The molecule has 2 aromatic rings. The van der Waals surface area contributed by atoms with Crippen LogP contribution in [0.3, 0.4) is 0 Å². The number of rotatable bonds is 5. The molecule has 0 bridgehead atoms. The minimum absolute atomic E-state index is 0.0637.